The molecule has 5 heteroatoms. The van der Waals surface area contributed by atoms with Crippen molar-refractivity contribution in [2.75, 3.05) is 0 Å². The van der Waals surface area contributed by atoms with Crippen molar-refractivity contribution in [1.29, 1.82) is 0 Å². The van der Waals surface area contributed by atoms with Crippen molar-refractivity contribution in [1.82, 2.24) is 5.16 Å². The topological polar surface area (TPSA) is 26.0 Å². The molecule has 3 rings (SSSR count). The van der Waals surface area contributed by atoms with Crippen molar-refractivity contribution >= 4 is 35.0 Å². The lowest BCUT2D eigenvalue weighted by molar-refractivity contribution is 0.426. The van der Waals surface area contributed by atoms with Gasteiger partial charge in [0.15, 0.2) is 5.76 Å². The summed E-state index contributed by atoms with van der Waals surface area (Å²) in [5, 5.41) is 5.48. The van der Waals surface area contributed by atoms with E-state index in [1.165, 1.54) is 0 Å². The van der Waals surface area contributed by atoms with Crippen molar-refractivity contribution in [3.8, 4) is 11.3 Å². The van der Waals surface area contributed by atoms with Crippen molar-refractivity contribution in [2.45, 2.75) is 10.6 Å². The van der Waals surface area contributed by atoms with Gasteiger partial charge >= 0.3 is 0 Å². The maximum Gasteiger partial charge on any atom is 0.168 e. The van der Waals surface area contributed by atoms with Gasteiger partial charge in [-0.25, -0.2) is 0 Å². The third kappa shape index (κ3) is 3.62. The zero-order valence-corrected chi connectivity index (χ0v) is 13.3. The number of benzene rings is 2. The predicted molar refractivity (Wildman–Crippen MR) is 88.0 cm³/mol. The van der Waals surface area contributed by atoms with Gasteiger partial charge in [-0.2, -0.15) is 0 Å². The van der Waals surface area contributed by atoms with Crippen LogP contribution in [0.4, 0.5) is 0 Å². The second-order valence-electron chi connectivity index (χ2n) is 4.40. The minimum Gasteiger partial charge on any atom is -0.356 e. The molecular formula is C16H11Cl2NOS. The van der Waals surface area contributed by atoms with E-state index < -0.39 is 0 Å². The summed E-state index contributed by atoms with van der Waals surface area (Å²) in [4.78, 5) is 1.14. The Balaban J connectivity index is 1.71. The molecule has 21 heavy (non-hydrogen) atoms. The lowest BCUT2D eigenvalue weighted by Gasteiger charge is -1.98. The first kappa shape index (κ1) is 14.5. The number of thioether (sulfide) groups is 1. The summed E-state index contributed by atoms with van der Waals surface area (Å²) in [6, 6.07) is 17.2. The van der Waals surface area contributed by atoms with Crippen LogP contribution in [0.15, 0.2) is 64.0 Å². The molecule has 0 saturated carbocycles. The summed E-state index contributed by atoms with van der Waals surface area (Å²) in [6.07, 6.45) is 0. The molecule has 0 spiro atoms. The Morgan fingerprint density at radius 3 is 2.52 bits per heavy atom. The molecule has 106 valence electrons. The van der Waals surface area contributed by atoms with Crippen LogP contribution >= 0.6 is 35.0 Å². The number of hydrogen-bond acceptors (Lipinski definition) is 3. The monoisotopic (exact) mass is 335 g/mol. The van der Waals surface area contributed by atoms with Crippen LogP contribution in [0.2, 0.25) is 10.0 Å². The summed E-state index contributed by atoms with van der Waals surface area (Å²) >= 11 is 13.7. The maximum absolute atomic E-state index is 6.15. The largest absolute Gasteiger partial charge is 0.356 e. The quantitative estimate of drug-likeness (QED) is 0.551. The van der Waals surface area contributed by atoms with Crippen LogP contribution in [0.25, 0.3) is 11.3 Å². The van der Waals surface area contributed by atoms with Gasteiger partial charge in [0.25, 0.3) is 0 Å². The molecule has 0 atom stereocenters. The number of rotatable bonds is 4. The van der Waals surface area contributed by atoms with Gasteiger partial charge in [0.05, 0.1) is 10.7 Å². The Morgan fingerprint density at radius 2 is 1.76 bits per heavy atom. The summed E-state index contributed by atoms with van der Waals surface area (Å²) < 4.78 is 5.37. The molecule has 0 aliphatic carbocycles. The fourth-order valence-electron chi connectivity index (χ4n) is 1.86. The van der Waals surface area contributed by atoms with E-state index in [0.29, 0.717) is 10.8 Å². The maximum atomic E-state index is 6.15. The van der Waals surface area contributed by atoms with E-state index in [-0.39, 0.29) is 0 Å². The van der Waals surface area contributed by atoms with Gasteiger partial charge < -0.3 is 4.52 Å². The van der Waals surface area contributed by atoms with Crippen molar-refractivity contribution in [2.24, 2.45) is 0 Å². The molecule has 3 aromatic rings. The highest BCUT2D eigenvalue weighted by Crippen LogP contribution is 2.30. The first-order valence-electron chi connectivity index (χ1n) is 6.31. The fourth-order valence-corrected chi connectivity index (χ4v) is 2.99. The van der Waals surface area contributed by atoms with Crippen LogP contribution in [0.3, 0.4) is 0 Å². The molecule has 0 bridgehead atoms. The van der Waals surface area contributed by atoms with E-state index in [1.807, 2.05) is 54.6 Å². The molecule has 0 aliphatic heterocycles. The van der Waals surface area contributed by atoms with E-state index in [4.69, 9.17) is 27.7 Å². The minimum absolute atomic E-state index is 0.658. The lowest BCUT2D eigenvalue weighted by atomic mass is 10.2. The van der Waals surface area contributed by atoms with Crippen molar-refractivity contribution in [3.05, 3.63) is 70.3 Å². The normalized spacial score (nSPS) is 10.8. The Kier molecular flexibility index (Phi) is 4.54. The number of hydrogen-bond donors (Lipinski definition) is 0. The van der Waals surface area contributed by atoms with Gasteiger partial charge in [-0.05, 0) is 36.4 Å². The van der Waals surface area contributed by atoms with Crippen molar-refractivity contribution < 1.29 is 4.52 Å². The van der Waals surface area contributed by atoms with E-state index in [0.717, 1.165) is 26.9 Å². The van der Waals surface area contributed by atoms with Crippen LogP contribution in [0.5, 0.6) is 0 Å². The zero-order valence-electron chi connectivity index (χ0n) is 10.9. The van der Waals surface area contributed by atoms with Crippen LogP contribution < -0.4 is 0 Å². The summed E-state index contributed by atoms with van der Waals surface area (Å²) in [7, 11) is 0. The summed E-state index contributed by atoms with van der Waals surface area (Å²) in [5.41, 5.74) is 1.74. The zero-order chi connectivity index (χ0) is 14.7. The molecule has 0 unspecified atom stereocenters. The summed E-state index contributed by atoms with van der Waals surface area (Å²) in [6.45, 7) is 0. The van der Waals surface area contributed by atoms with E-state index in [2.05, 4.69) is 5.16 Å². The van der Waals surface area contributed by atoms with Gasteiger partial charge in [0.2, 0.25) is 0 Å². The molecule has 0 fully saturated rings. The molecule has 1 aromatic heterocycles. The highest BCUT2D eigenvalue weighted by molar-refractivity contribution is 7.98. The Labute approximate surface area is 137 Å². The standard InChI is InChI=1S/C16H11Cl2NOS/c17-11-5-7-13(8-6-11)21-10-12-9-16(20-19-12)14-3-1-2-4-15(14)18/h1-9H,10H2. The molecule has 2 nitrogen and oxygen atoms in total. The SMILES string of the molecule is Clc1ccc(SCc2cc(-c3ccccc3Cl)on2)cc1. The van der Waals surface area contributed by atoms with Crippen LogP contribution in [0.1, 0.15) is 5.69 Å². The van der Waals surface area contributed by atoms with Gasteiger partial charge in [-0.3, -0.25) is 0 Å². The number of aromatic nitrogens is 1. The number of nitrogens with zero attached hydrogens (tertiary/aromatic N) is 1. The van der Waals surface area contributed by atoms with Crippen LogP contribution in [-0.2, 0) is 5.75 Å². The van der Waals surface area contributed by atoms with Gasteiger partial charge in [-0.1, -0.05) is 40.5 Å². The molecule has 1 heterocycles. The third-order valence-electron chi connectivity index (χ3n) is 2.90. The van der Waals surface area contributed by atoms with Gasteiger partial charge in [0.1, 0.15) is 0 Å². The van der Waals surface area contributed by atoms with Crippen LogP contribution in [-0.4, -0.2) is 5.16 Å². The molecule has 2 aromatic carbocycles. The van der Waals surface area contributed by atoms with E-state index >= 15 is 0 Å². The average Bonchev–Trinajstić information content (AvgIpc) is 2.96. The van der Waals surface area contributed by atoms with Gasteiger partial charge in [0, 0.05) is 27.3 Å². The second kappa shape index (κ2) is 6.56. The number of halogens is 2. The molecule has 0 radical (unpaired) electrons. The molecule has 0 saturated heterocycles. The van der Waals surface area contributed by atoms with Gasteiger partial charge in [-0.15, -0.1) is 11.8 Å². The first-order chi connectivity index (χ1) is 10.2. The second-order valence-corrected chi connectivity index (χ2v) is 6.30. The summed E-state index contributed by atoms with van der Waals surface area (Å²) in [5.74, 6) is 1.42. The van der Waals surface area contributed by atoms with Crippen LogP contribution in [0, 0.1) is 0 Å². The van der Waals surface area contributed by atoms with E-state index in [1.54, 1.807) is 11.8 Å². The Morgan fingerprint density at radius 1 is 1.00 bits per heavy atom. The lowest BCUT2D eigenvalue weighted by Crippen LogP contribution is -1.79. The predicted octanol–water partition coefficient (Wildman–Crippen LogP) is 5.94. The highest BCUT2D eigenvalue weighted by atomic mass is 35.5. The average molecular weight is 336 g/mol. The Hall–Kier alpha value is -1.42. The molecule has 0 aliphatic rings. The minimum atomic E-state index is 0.658. The first-order valence-corrected chi connectivity index (χ1v) is 8.05. The van der Waals surface area contributed by atoms with Crippen molar-refractivity contribution in [3.63, 3.8) is 0 Å². The highest BCUT2D eigenvalue weighted by Gasteiger charge is 2.10. The third-order valence-corrected chi connectivity index (χ3v) is 4.53. The smallest absolute Gasteiger partial charge is 0.168 e. The Bertz CT molecular complexity index is 740. The molecular weight excluding hydrogens is 325 g/mol. The molecule has 0 amide bonds. The van der Waals surface area contributed by atoms with E-state index in [9.17, 15) is 0 Å². The molecule has 0 N–H and O–H groups in total. The fraction of sp³-hybridized carbons (Fsp3) is 0.0625.